The molecule has 0 bridgehead atoms. The highest BCUT2D eigenvalue weighted by atomic mass is 16.5. The molecule has 0 fully saturated rings. The molecule has 0 radical (unpaired) electrons. The largest absolute Gasteiger partial charge is 0.496 e. The van der Waals surface area contributed by atoms with E-state index < -0.39 is 5.91 Å². The molecule has 0 aliphatic rings. The number of nitrogens with zero attached hydrogens (tertiary/aromatic N) is 1. The molecule has 32 heavy (non-hydrogen) atoms. The maximum atomic E-state index is 12.3. The molecular weight excluding hydrogens is 404 g/mol. The number of carbonyl (C=O) groups excluding carboxylic acids is 2. The summed E-state index contributed by atoms with van der Waals surface area (Å²) in [4.78, 5) is 32.6. The topological polar surface area (TPSA) is 96.1 Å². The van der Waals surface area contributed by atoms with Crippen LogP contribution in [0.15, 0.2) is 72.9 Å². The number of fused-ring (bicyclic) bond motifs is 1. The van der Waals surface area contributed by atoms with Gasteiger partial charge in [-0.3, -0.25) is 25.4 Å². The van der Waals surface area contributed by atoms with Crippen LogP contribution in [0.25, 0.3) is 22.3 Å². The fraction of sp³-hybridized carbons (Fsp3) is 0.160. The molecule has 162 valence electrons. The Bertz CT molecular complexity index is 1230. The number of carbonyl (C=O) groups is 2. The van der Waals surface area contributed by atoms with Crippen LogP contribution in [-0.2, 0) is 11.2 Å². The van der Waals surface area contributed by atoms with Crippen molar-refractivity contribution in [2.45, 2.75) is 19.3 Å². The van der Waals surface area contributed by atoms with E-state index in [1.165, 1.54) is 7.11 Å². The Labute approximate surface area is 185 Å². The highest BCUT2D eigenvalue weighted by Crippen LogP contribution is 2.30. The molecule has 2 amide bonds. The number of rotatable bonds is 7. The maximum absolute atomic E-state index is 12.3. The summed E-state index contributed by atoms with van der Waals surface area (Å²) in [5.41, 5.74) is 9.29. The third kappa shape index (κ3) is 4.62. The summed E-state index contributed by atoms with van der Waals surface area (Å²) >= 11 is 0. The van der Waals surface area contributed by atoms with Crippen molar-refractivity contribution in [1.29, 1.82) is 0 Å². The Morgan fingerprint density at radius 3 is 2.56 bits per heavy atom. The van der Waals surface area contributed by atoms with E-state index in [0.29, 0.717) is 24.2 Å². The average Bonchev–Trinajstić information content (AvgIpc) is 3.21. The number of aromatic amines is 1. The zero-order valence-corrected chi connectivity index (χ0v) is 17.7. The standard InChI is InChI=1S/C25H24N4O3/c1-32-22-14-5-3-10-19(22)25(31)29-28-23(30)15-8-11-18-17-9-2-4-12-20(17)27-24(18)21-13-6-7-16-26-21/h2-7,9-10,12-14,16,27H,8,11,15H2,1H3,(H,28,30)(H,29,31). The molecule has 2 aromatic heterocycles. The third-order valence-electron chi connectivity index (χ3n) is 5.23. The van der Waals surface area contributed by atoms with Gasteiger partial charge in [0.05, 0.1) is 24.1 Å². The van der Waals surface area contributed by atoms with Crippen LogP contribution in [0.1, 0.15) is 28.8 Å². The number of aryl methyl sites for hydroxylation is 1. The fourth-order valence-corrected chi connectivity index (χ4v) is 3.70. The molecule has 0 atom stereocenters. The predicted octanol–water partition coefficient (Wildman–Crippen LogP) is 4.02. The van der Waals surface area contributed by atoms with E-state index in [9.17, 15) is 9.59 Å². The monoisotopic (exact) mass is 428 g/mol. The second kappa shape index (κ2) is 9.78. The van der Waals surface area contributed by atoms with E-state index in [4.69, 9.17) is 4.74 Å². The molecule has 0 saturated heterocycles. The van der Waals surface area contributed by atoms with Gasteiger partial charge in [-0.15, -0.1) is 0 Å². The summed E-state index contributed by atoms with van der Waals surface area (Å²) in [6, 6.07) is 20.7. The average molecular weight is 428 g/mol. The number of hydrazine groups is 1. The van der Waals surface area contributed by atoms with Gasteiger partial charge in [-0.05, 0) is 48.7 Å². The van der Waals surface area contributed by atoms with E-state index in [1.54, 1.807) is 30.5 Å². The molecule has 7 nitrogen and oxygen atoms in total. The predicted molar refractivity (Wildman–Crippen MR) is 123 cm³/mol. The molecule has 3 N–H and O–H groups in total. The van der Waals surface area contributed by atoms with E-state index in [1.807, 2.05) is 36.4 Å². The van der Waals surface area contributed by atoms with E-state index >= 15 is 0 Å². The number of ether oxygens (including phenoxy) is 1. The molecule has 0 spiro atoms. The summed E-state index contributed by atoms with van der Waals surface area (Å²) in [6.07, 6.45) is 3.36. The summed E-state index contributed by atoms with van der Waals surface area (Å²) in [5, 5.41) is 1.12. The Morgan fingerprint density at radius 2 is 1.75 bits per heavy atom. The van der Waals surface area contributed by atoms with Crippen LogP contribution in [0.2, 0.25) is 0 Å². The van der Waals surface area contributed by atoms with Crippen LogP contribution < -0.4 is 15.6 Å². The van der Waals surface area contributed by atoms with Gasteiger partial charge in [0.15, 0.2) is 0 Å². The minimum Gasteiger partial charge on any atom is -0.496 e. The Morgan fingerprint density at radius 1 is 0.969 bits per heavy atom. The zero-order valence-electron chi connectivity index (χ0n) is 17.7. The van der Waals surface area contributed by atoms with Gasteiger partial charge in [-0.2, -0.15) is 0 Å². The van der Waals surface area contributed by atoms with Gasteiger partial charge >= 0.3 is 0 Å². The van der Waals surface area contributed by atoms with Crippen LogP contribution in [-0.4, -0.2) is 28.9 Å². The first kappa shape index (κ1) is 21.1. The lowest BCUT2D eigenvalue weighted by Crippen LogP contribution is -2.41. The molecule has 4 aromatic rings. The first-order chi connectivity index (χ1) is 15.7. The highest BCUT2D eigenvalue weighted by molar-refractivity contribution is 5.97. The second-order valence-corrected chi connectivity index (χ2v) is 7.30. The van der Waals surface area contributed by atoms with Crippen molar-refractivity contribution in [2.75, 3.05) is 7.11 Å². The smallest absolute Gasteiger partial charge is 0.273 e. The number of aromatic nitrogens is 2. The molecule has 4 rings (SSSR count). The lowest BCUT2D eigenvalue weighted by Gasteiger charge is -2.10. The lowest BCUT2D eigenvalue weighted by molar-refractivity contribution is -0.121. The molecule has 2 heterocycles. The van der Waals surface area contributed by atoms with Gasteiger partial charge in [0, 0.05) is 23.5 Å². The van der Waals surface area contributed by atoms with Crippen LogP contribution in [0, 0.1) is 0 Å². The normalized spacial score (nSPS) is 10.7. The van der Waals surface area contributed by atoms with Gasteiger partial charge in [-0.1, -0.05) is 36.4 Å². The summed E-state index contributed by atoms with van der Waals surface area (Å²) < 4.78 is 5.18. The number of benzene rings is 2. The minimum absolute atomic E-state index is 0.257. The summed E-state index contributed by atoms with van der Waals surface area (Å²) in [7, 11) is 1.49. The van der Waals surface area contributed by atoms with Gasteiger partial charge in [-0.25, -0.2) is 0 Å². The number of amides is 2. The summed E-state index contributed by atoms with van der Waals surface area (Å²) in [5.74, 6) is -0.238. The Balaban J connectivity index is 1.38. The van der Waals surface area contributed by atoms with Crippen molar-refractivity contribution >= 4 is 22.7 Å². The molecular formula is C25H24N4O3. The van der Waals surface area contributed by atoms with Crippen molar-refractivity contribution in [1.82, 2.24) is 20.8 Å². The van der Waals surface area contributed by atoms with E-state index in [-0.39, 0.29) is 12.3 Å². The zero-order chi connectivity index (χ0) is 22.3. The fourth-order valence-electron chi connectivity index (χ4n) is 3.70. The highest BCUT2D eigenvalue weighted by Gasteiger charge is 2.15. The van der Waals surface area contributed by atoms with Crippen molar-refractivity contribution < 1.29 is 14.3 Å². The van der Waals surface area contributed by atoms with E-state index in [2.05, 4.69) is 26.9 Å². The number of methoxy groups -OCH3 is 1. The maximum Gasteiger partial charge on any atom is 0.273 e. The number of pyridine rings is 1. The minimum atomic E-state index is -0.426. The Hall–Kier alpha value is -4.13. The quantitative estimate of drug-likeness (QED) is 0.387. The SMILES string of the molecule is COc1ccccc1C(=O)NNC(=O)CCCc1c(-c2ccccn2)[nH]c2ccccc12. The van der Waals surface area contributed by atoms with Gasteiger partial charge in [0.1, 0.15) is 5.75 Å². The van der Waals surface area contributed by atoms with Crippen molar-refractivity contribution in [3.8, 4) is 17.1 Å². The molecule has 0 saturated carbocycles. The third-order valence-corrected chi connectivity index (χ3v) is 5.23. The number of para-hydroxylation sites is 2. The molecule has 7 heteroatoms. The van der Waals surface area contributed by atoms with Crippen molar-refractivity contribution in [2.24, 2.45) is 0 Å². The molecule has 2 aromatic carbocycles. The van der Waals surface area contributed by atoms with Crippen LogP contribution in [0.5, 0.6) is 5.75 Å². The number of H-pyrrole nitrogens is 1. The first-order valence-electron chi connectivity index (χ1n) is 10.4. The lowest BCUT2D eigenvalue weighted by atomic mass is 10.0. The number of hydrogen-bond acceptors (Lipinski definition) is 4. The Kier molecular flexibility index (Phi) is 6.46. The van der Waals surface area contributed by atoms with Crippen LogP contribution in [0.3, 0.4) is 0 Å². The molecule has 0 unspecified atom stereocenters. The van der Waals surface area contributed by atoms with Gasteiger partial charge in [0.2, 0.25) is 5.91 Å². The first-order valence-corrected chi connectivity index (χ1v) is 10.4. The van der Waals surface area contributed by atoms with Crippen LogP contribution in [0.4, 0.5) is 0 Å². The van der Waals surface area contributed by atoms with Crippen molar-refractivity contribution in [3.05, 3.63) is 84.1 Å². The second-order valence-electron chi connectivity index (χ2n) is 7.30. The number of nitrogens with one attached hydrogen (secondary N) is 3. The molecule has 0 aliphatic carbocycles. The van der Waals surface area contributed by atoms with Gasteiger partial charge < -0.3 is 9.72 Å². The van der Waals surface area contributed by atoms with E-state index in [0.717, 1.165) is 27.9 Å². The molecule has 0 aliphatic heterocycles. The van der Waals surface area contributed by atoms with Gasteiger partial charge in [0.25, 0.3) is 5.91 Å². The number of hydrogen-bond donors (Lipinski definition) is 3. The van der Waals surface area contributed by atoms with Crippen LogP contribution >= 0.6 is 0 Å². The summed E-state index contributed by atoms with van der Waals surface area (Å²) in [6.45, 7) is 0. The van der Waals surface area contributed by atoms with Crippen molar-refractivity contribution in [3.63, 3.8) is 0 Å².